The van der Waals surface area contributed by atoms with Crippen LogP contribution in [0.15, 0.2) is 58.3 Å². The van der Waals surface area contributed by atoms with Crippen LogP contribution in [0.5, 0.6) is 11.5 Å². The number of hydrogen-bond acceptors (Lipinski definition) is 4. The lowest BCUT2D eigenvalue weighted by molar-refractivity contribution is -0.00778. The Morgan fingerprint density at radius 2 is 1.46 bits per heavy atom. The molecule has 0 amide bonds. The number of benzene rings is 2. The fourth-order valence-corrected chi connectivity index (χ4v) is 4.62. The maximum atomic E-state index is 6.28. The van der Waals surface area contributed by atoms with Gasteiger partial charge in [0.15, 0.2) is 0 Å². The second-order valence-corrected chi connectivity index (χ2v) is 8.65. The first kappa shape index (κ1) is 17.7. The van der Waals surface area contributed by atoms with Crippen LogP contribution in [-0.2, 0) is 0 Å². The molecule has 3 saturated heterocycles. The number of nitrogens with zero attached hydrogens (tertiary/aromatic N) is 1. The summed E-state index contributed by atoms with van der Waals surface area (Å²) in [6.07, 6.45) is 3.14. The maximum Gasteiger partial charge on any atom is 0.119 e. The molecule has 1 atom stereocenters. The molecule has 3 heterocycles. The minimum Gasteiger partial charge on any atom is -0.491 e. The summed E-state index contributed by atoms with van der Waals surface area (Å²) >= 11 is 1.76. The molecule has 1 unspecified atom stereocenters. The van der Waals surface area contributed by atoms with E-state index in [0.29, 0.717) is 6.10 Å². The second-order valence-electron chi connectivity index (χ2n) is 7.51. The average Bonchev–Trinajstić information content (AvgIpc) is 2.66. The second kappa shape index (κ2) is 7.93. The van der Waals surface area contributed by atoms with E-state index >= 15 is 0 Å². The highest BCUT2D eigenvalue weighted by Crippen LogP contribution is 2.33. The highest BCUT2D eigenvalue weighted by atomic mass is 32.2. The Morgan fingerprint density at radius 1 is 0.885 bits per heavy atom. The lowest BCUT2D eigenvalue weighted by atomic mass is 9.86. The van der Waals surface area contributed by atoms with Crippen LogP contribution in [-0.4, -0.2) is 36.7 Å². The molecule has 0 spiro atoms. The van der Waals surface area contributed by atoms with E-state index < -0.39 is 0 Å². The Morgan fingerprint density at radius 3 is 1.96 bits per heavy atom. The summed E-state index contributed by atoms with van der Waals surface area (Å²) in [4.78, 5) is 4.97. The molecule has 3 aliphatic rings. The SMILES string of the molecule is CC(C)Oc1ccc(Sc2ccc(OC3CN4CCC3CC4)cc2)cc1. The summed E-state index contributed by atoms with van der Waals surface area (Å²) in [5, 5.41) is 0. The summed E-state index contributed by atoms with van der Waals surface area (Å²) in [7, 11) is 0. The van der Waals surface area contributed by atoms with E-state index in [9.17, 15) is 0 Å². The molecule has 138 valence electrons. The van der Waals surface area contributed by atoms with Gasteiger partial charge in [0, 0.05) is 16.3 Å². The minimum absolute atomic E-state index is 0.206. The summed E-state index contributed by atoms with van der Waals surface area (Å²) in [5.74, 6) is 2.65. The molecule has 2 bridgehead atoms. The molecule has 3 aliphatic heterocycles. The molecule has 2 aromatic rings. The molecule has 0 radical (unpaired) electrons. The molecule has 0 aromatic heterocycles. The predicted molar refractivity (Wildman–Crippen MR) is 106 cm³/mol. The molecule has 3 fully saturated rings. The van der Waals surface area contributed by atoms with Crippen molar-refractivity contribution in [3.63, 3.8) is 0 Å². The number of hydrogen-bond donors (Lipinski definition) is 0. The van der Waals surface area contributed by atoms with Crippen LogP contribution < -0.4 is 9.47 Å². The Hall–Kier alpha value is -1.65. The lowest BCUT2D eigenvalue weighted by Gasteiger charge is -2.44. The zero-order chi connectivity index (χ0) is 17.9. The molecule has 0 saturated carbocycles. The number of piperidine rings is 3. The van der Waals surface area contributed by atoms with Crippen LogP contribution in [0.3, 0.4) is 0 Å². The third-order valence-corrected chi connectivity index (χ3v) is 6.15. The van der Waals surface area contributed by atoms with Crippen molar-refractivity contribution in [3.05, 3.63) is 48.5 Å². The number of rotatable bonds is 6. The molecule has 0 aliphatic carbocycles. The van der Waals surface area contributed by atoms with E-state index in [1.54, 1.807) is 11.8 Å². The lowest BCUT2D eigenvalue weighted by Crippen LogP contribution is -2.52. The monoisotopic (exact) mass is 369 g/mol. The first-order valence-electron chi connectivity index (χ1n) is 9.59. The highest BCUT2D eigenvalue weighted by Gasteiger charge is 2.35. The Bertz CT molecular complexity index is 706. The molecular weight excluding hydrogens is 342 g/mol. The normalized spacial score (nSPS) is 24.7. The summed E-state index contributed by atoms with van der Waals surface area (Å²) < 4.78 is 12.0. The van der Waals surface area contributed by atoms with Gasteiger partial charge in [-0.2, -0.15) is 0 Å². The van der Waals surface area contributed by atoms with Crippen LogP contribution in [0.25, 0.3) is 0 Å². The van der Waals surface area contributed by atoms with Gasteiger partial charge in [0.05, 0.1) is 6.10 Å². The van der Waals surface area contributed by atoms with Crippen molar-refractivity contribution in [3.8, 4) is 11.5 Å². The predicted octanol–water partition coefficient (Wildman–Crippen LogP) is 5.10. The van der Waals surface area contributed by atoms with Gasteiger partial charge in [0.25, 0.3) is 0 Å². The molecule has 3 nitrogen and oxygen atoms in total. The molecule has 4 heteroatoms. The summed E-state index contributed by atoms with van der Waals surface area (Å²) in [6.45, 7) is 7.68. The van der Waals surface area contributed by atoms with Gasteiger partial charge < -0.3 is 9.47 Å². The van der Waals surface area contributed by atoms with Gasteiger partial charge in [-0.15, -0.1) is 0 Å². The van der Waals surface area contributed by atoms with Crippen LogP contribution >= 0.6 is 11.8 Å². The maximum absolute atomic E-state index is 6.28. The van der Waals surface area contributed by atoms with Gasteiger partial charge >= 0.3 is 0 Å². The van der Waals surface area contributed by atoms with Crippen LogP contribution in [0, 0.1) is 5.92 Å². The molecule has 2 aromatic carbocycles. The zero-order valence-electron chi connectivity index (χ0n) is 15.6. The number of fused-ring (bicyclic) bond motifs is 3. The molecule has 5 rings (SSSR count). The molecule has 26 heavy (non-hydrogen) atoms. The summed E-state index contributed by atoms with van der Waals surface area (Å²) in [6, 6.07) is 16.8. The Balaban J connectivity index is 1.34. The van der Waals surface area contributed by atoms with Crippen molar-refractivity contribution in [2.45, 2.75) is 48.7 Å². The Labute approximate surface area is 160 Å². The van der Waals surface area contributed by atoms with Gasteiger partial charge in [0.1, 0.15) is 17.6 Å². The highest BCUT2D eigenvalue weighted by molar-refractivity contribution is 7.99. The van der Waals surface area contributed by atoms with Crippen molar-refractivity contribution in [1.82, 2.24) is 4.90 Å². The fraction of sp³-hybridized carbons (Fsp3) is 0.455. The van der Waals surface area contributed by atoms with Crippen LogP contribution in [0.4, 0.5) is 0 Å². The minimum atomic E-state index is 0.206. The average molecular weight is 370 g/mol. The van der Waals surface area contributed by atoms with E-state index in [0.717, 1.165) is 24.0 Å². The summed E-state index contributed by atoms with van der Waals surface area (Å²) in [5.41, 5.74) is 0. The van der Waals surface area contributed by atoms with E-state index in [1.165, 1.54) is 35.7 Å². The van der Waals surface area contributed by atoms with Crippen LogP contribution in [0.2, 0.25) is 0 Å². The van der Waals surface area contributed by atoms with Gasteiger partial charge in [-0.05, 0) is 94.2 Å². The van der Waals surface area contributed by atoms with Crippen molar-refractivity contribution in [1.29, 1.82) is 0 Å². The van der Waals surface area contributed by atoms with Crippen molar-refractivity contribution in [2.24, 2.45) is 5.92 Å². The van der Waals surface area contributed by atoms with Crippen molar-refractivity contribution < 1.29 is 9.47 Å². The molecular formula is C22H27NO2S. The zero-order valence-corrected chi connectivity index (χ0v) is 16.4. The first-order chi connectivity index (χ1) is 12.7. The van der Waals surface area contributed by atoms with Crippen LogP contribution in [0.1, 0.15) is 26.7 Å². The van der Waals surface area contributed by atoms with Crippen molar-refractivity contribution in [2.75, 3.05) is 19.6 Å². The van der Waals surface area contributed by atoms with Gasteiger partial charge in [-0.1, -0.05) is 11.8 Å². The fourth-order valence-electron chi connectivity index (χ4n) is 3.80. The quantitative estimate of drug-likeness (QED) is 0.706. The van der Waals surface area contributed by atoms with E-state index in [-0.39, 0.29) is 6.10 Å². The van der Waals surface area contributed by atoms with E-state index in [1.807, 2.05) is 26.0 Å². The van der Waals surface area contributed by atoms with Gasteiger partial charge in [-0.25, -0.2) is 0 Å². The third-order valence-electron chi connectivity index (χ3n) is 5.14. The standard InChI is InChI=1S/C22H27NO2S/c1-16(2)24-18-3-7-20(8-4-18)26-21-9-5-19(6-10-21)25-22-15-23-13-11-17(22)12-14-23/h3-10,16-17,22H,11-15H2,1-2H3. The smallest absolute Gasteiger partial charge is 0.119 e. The van der Waals surface area contributed by atoms with E-state index in [2.05, 4.69) is 41.3 Å². The van der Waals surface area contributed by atoms with Gasteiger partial charge in [0.2, 0.25) is 0 Å². The topological polar surface area (TPSA) is 21.7 Å². The van der Waals surface area contributed by atoms with Crippen molar-refractivity contribution >= 4 is 11.8 Å². The molecule has 0 N–H and O–H groups in total. The largest absolute Gasteiger partial charge is 0.491 e. The van der Waals surface area contributed by atoms with E-state index in [4.69, 9.17) is 9.47 Å². The third kappa shape index (κ3) is 4.36. The number of ether oxygens (including phenoxy) is 2. The first-order valence-corrected chi connectivity index (χ1v) is 10.4. The Kier molecular flexibility index (Phi) is 5.41. The van der Waals surface area contributed by atoms with Gasteiger partial charge in [-0.3, -0.25) is 4.90 Å².